The fraction of sp³-hybridized carbons (Fsp3) is 0.480. The van der Waals surface area contributed by atoms with Crippen LogP contribution in [0.4, 0.5) is 10.7 Å². The molecule has 0 atom stereocenters. The van der Waals surface area contributed by atoms with Crippen molar-refractivity contribution < 1.29 is 19.5 Å². The number of nitrogens with one attached hydrogen (secondary N) is 2. The fourth-order valence-electron chi connectivity index (χ4n) is 4.29. The standard InChI is InChI=1S/C25H33N5O4/c1-25(2,17-22(32)33)16-21(31)30(20-14-18-8-3-4-9-19(18)15-20)24(34)29-11-6-5-10-26-23-27-12-7-13-28-23/h3-4,7-9,12-13,20H,5-6,10-11,14-17H2,1-2H3,(H,29,34)(H,32,33)(H,26,27,28). The van der Waals surface area contributed by atoms with Crippen molar-refractivity contribution in [1.29, 1.82) is 0 Å². The first kappa shape index (κ1) is 25.1. The van der Waals surface area contributed by atoms with Crippen LogP contribution < -0.4 is 10.6 Å². The number of carboxylic acid groups (broad SMARTS) is 1. The first-order valence-corrected chi connectivity index (χ1v) is 11.6. The number of carbonyl (C=O) groups is 3. The number of carboxylic acids is 1. The molecule has 34 heavy (non-hydrogen) atoms. The van der Waals surface area contributed by atoms with E-state index in [9.17, 15) is 19.5 Å². The number of aliphatic carboxylic acids is 1. The van der Waals surface area contributed by atoms with E-state index in [0.717, 1.165) is 24.0 Å². The number of anilines is 1. The highest BCUT2D eigenvalue weighted by molar-refractivity contribution is 5.95. The molecule has 0 aliphatic heterocycles. The first-order chi connectivity index (χ1) is 16.2. The highest BCUT2D eigenvalue weighted by Crippen LogP contribution is 2.30. The van der Waals surface area contributed by atoms with Crippen molar-refractivity contribution in [3.63, 3.8) is 0 Å². The zero-order valence-corrected chi connectivity index (χ0v) is 19.8. The Morgan fingerprint density at radius 3 is 2.24 bits per heavy atom. The largest absolute Gasteiger partial charge is 0.481 e. The van der Waals surface area contributed by atoms with Gasteiger partial charge < -0.3 is 15.7 Å². The van der Waals surface area contributed by atoms with Crippen molar-refractivity contribution in [2.45, 2.75) is 58.4 Å². The van der Waals surface area contributed by atoms with Crippen molar-refractivity contribution in [3.05, 3.63) is 53.9 Å². The van der Waals surface area contributed by atoms with Crippen LogP contribution in [0.1, 0.15) is 50.7 Å². The minimum absolute atomic E-state index is 0.0133. The number of fused-ring (bicyclic) bond motifs is 1. The van der Waals surface area contributed by atoms with E-state index in [1.54, 1.807) is 32.3 Å². The fourth-order valence-corrected chi connectivity index (χ4v) is 4.29. The number of rotatable bonds is 11. The van der Waals surface area contributed by atoms with E-state index in [-0.39, 0.29) is 24.8 Å². The normalized spacial score (nSPS) is 13.2. The van der Waals surface area contributed by atoms with Gasteiger partial charge in [-0.15, -0.1) is 0 Å². The Balaban J connectivity index is 1.57. The predicted octanol–water partition coefficient (Wildman–Crippen LogP) is 3.27. The summed E-state index contributed by atoms with van der Waals surface area (Å²) < 4.78 is 0. The molecular weight excluding hydrogens is 434 g/mol. The summed E-state index contributed by atoms with van der Waals surface area (Å²) in [7, 11) is 0. The van der Waals surface area contributed by atoms with Gasteiger partial charge in [-0.1, -0.05) is 38.1 Å². The number of benzene rings is 1. The molecule has 0 unspecified atom stereocenters. The highest BCUT2D eigenvalue weighted by atomic mass is 16.4. The van der Waals surface area contributed by atoms with Crippen LogP contribution in [0, 0.1) is 5.41 Å². The molecule has 3 rings (SSSR count). The molecule has 1 heterocycles. The van der Waals surface area contributed by atoms with Gasteiger partial charge in [0.2, 0.25) is 11.9 Å². The third kappa shape index (κ3) is 7.26. The second-order valence-corrected chi connectivity index (χ2v) is 9.44. The molecule has 0 saturated carbocycles. The average molecular weight is 468 g/mol. The van der Waals surface area contributed by atoms with E-state index >= 15 is 0 Å². The smallest absolute Gasteiger partial charge is 0.324 e. The molecule has 0 saturated heterocycles. The number of urea groups is 1. The predicted molar refractivity (Wildman–Crippen MR) is 128 cm³/mol. The van der Waals surface area contributed by atoms with Crippen LogP contribution >= 0.6 is 0 Å². The maximum atomic E-state index is 13.3. The Morgan fingerprint density at radius 2 is 1.62 bits per heavy atom. The Labute approximate surface area is 200 Å². The van der Waals surface area contributed by atoms with Gasteiger partial charge in [0.15, 0.2) is 0 Å². The topological polar surface area (TPSA) is 125 Å². The molecule has 3 N–H and O–H groups in total. The summed E-state index contributed by atoms with van der Waals surface area (Å²) in [5, 5.41) is 15.2. The third-order valence-electron chi connectivity index (χ3n) is 5.87. The van der Waals surface area contributed by atoms with Crippen LogP contribution in [0.25, 0.3) is 0 Å². The van der Waals surface area contributed by atoms with Crippen LogP contribution in [0.15, 0.2) is 42.7 Å². The van der Waals surface area contributed by atoms with E-state index in [0.29, 0.717) is 31.9 Å². The summed E-state index contributed by atoms with van der Waals surface area (Å²) in [5.41, 5.74) is 1.52. The van der Waals surface area contributed by atoms with Gasteiger partial charge in [-0.2, -0.15) is 0 Å². The van der Waals surface area contributed by atoms with E-state index in [1.807, 2.05) is 24.3 Å². The average Bonchev–Trinajstić information content (AvgIpc) is 3.19. The number of nitrogens with zero attached hydrogens (tertiary/aromatic N) is 3. The zero-order chi connectivity index (χ0) is 24.6. The molecular formula is C25H33N5O4. The number of aromatic nitrogens is 2. The van der Waals surface area contributed by atoms with Crippen LogP contribution in [0.3, 0.4) is 0 Å². The van der Waals surface area contributed by atoms with Gasteiger partial charge in [0, 0.05) is 37.9 Å². The second kappa shape index (κ2) is 11.6. The minimum atomic E-state index is -0.961. The van der Waals surface area contributed by atoms with Crippen LogP contribution in [-0.2, 0) is 22.4 Å². The monoisotopic (exact) mass is 467 g/mol. The van der Waals surface area contributed by atoms with Crippen molar-refractivity contribution in [3.8, 4) is 0 Å². The Bertz CT molecular complexity index is 971. The van der Waals surface area contributed by atoms with Crippen molar-refractivity contribution in [1.82, 2.24) is 20.2 Å². The molecule has 9 heteroatoms. The van der Waals surface area contributed by atoms with Gasteiger partial charge >= 0.3 is 12.0 Å². The Morgan fingerprint density at radius 1 is 1.00 bits per heavy atom. The molecule has 0 bridgehead atoms. The summed E-state index contributed by atoms with van der Waals surface area (Å²) in [4.78, 5) is 47.1. The molecule has 3 amide bonds. The van der Waals surface area contributed by atoms with E-state index in [2.05, 4.69) is 20.6 Å². The SMILES string of the molecule is CC(C)(CC(=O)O)CC(=O)N(C(=O)NCCCCNc1ncccn1)C1Cc2ccccc2C1. The molecule has 0 fully saturated rings. The van der Waals surface area contributed by atoms with Crippen molar-refractivity contribution >= 4 is 23.9 Å². The molecule has 1 aromatic carbocycles. The third-order valence-corrected chi connectivity index (χ3v) is 5.87. The minimum Gasteiger partial charge on any atom is -0.481 e. The highest BCUT2D eigenvalue weighted by Gasteiger charge is 2.37. The second-order valence-electron chi connectivity index (χ2n) is 9.44. The maximum Gasteiger partial charge on any atom is 0.324 e. The van der Waals surface area contributed by atoms with Gasteiger partial charge in [-0.05, 0) is 48.3 Å². The van der Waals surface area contributed by atoms with Crippen LogP contribution in [0.5, 0.6) is 0 Å². The summed E-state index contributed by atoms with van der Waals surface area (Å²) in [5.74, 6) is -0.742. The lowest BCUT2D eigenvalue weighted by molar-refractivity contribution is -0.140. The number of unbranched alkanes of at least 4 members (excludes halogenated alkanes) is 1. The van der Waals surface area contributed by atoms with Crippen molar-refractivity contribution in [2.24, 2.45) is 5.41 Å². The maximum absolute atomic E-state index is 13.3. The number of imide groups is 1. The molecule has 9 nitrogen and oxygen atoms in total. The molecule has 0 radical (unpaired) electrons. The lowest BCUT2D eigenvalue weighted by Gasteiger charge is -2.31. The van der Waals surface area contributed by atoms with Gasteiger partial charge in [0.05, 0.1) is 6.42 Å². The van der Waals surface area contributed by atoms with Crippen molar-refractivity contribution in [2.75, 3.05) is 18.4 Å². The van der Waals surface area contributed by atoms with E-state index in [1.165, 1.54) is 4.90 Å². The number of amides is 3. The summed E-state index contributed by atoms with van der Waals surface area (Å²) >= 11 is 0. The Kier molecular flexibility index (Phi) is 8.56. The number of hydrogen-bond acceptors (Lipinski definition) is 6. The summed E-state index contributed by atoms with van der Waals surface area (Å²) in [6, 6.07) is 9.01. The molecule has 1 aliphatic rings. The van der Waals surface area contributed by atoms with Crippen LogP contribution in [0.2, 0.25) is 0 Å². The van der Waals surface area contributed by atoms with Crippen LogP contribution in [-0.4, -0.2) is 57.0 Å². The lowest BCUT2D eigenvalue weighted by Crippen LogP contribution is -2.51. The Hall–Kier alpha value is -3.49. The summed E-state index contributed by atoms with van der Waals surface area (Å²) in [6.45, 7) is 4.58. The molecule has 2 aromatic rings. The van der Waals surface area contributed by atoms with E-state index in [4.69, 9.17) is 0 Å². The molecule has 0 spiro atoms. The van der Waals surface area contributed by atoms with Gasteiger partial charge in [-0.3, -0.25) is 14.5 Å². The molecule has 1 aliphatic carbocycles. The quantitative estimate of drug-likeness (QED) is 0.433. The van der Waals surface area contributed by atoms with Gasteiger partial charge in [0.1, 0.15) is 0 Å². The molecule has 182 valence electrons. The lowest BCUT2D eigenvalue weighted by atomic mass is 9.85. The number of hydrogen-bond donors (Lipinski definition) is 3. The zero-order valence-electron chi connectivity index (χ0n) is 19.8. The first-order valence-electron chi connectivity index (χ1n) is 11.6. The molecule has 1 aromatic heterocycles. The number of carbonyl (C=O) groups excluding carboxylic acids is 2. The van der Waals surface area contributed by atoms with Gasteiger partial charge in [0.25, 0.3) is 0 Å². The van der Waals surface area contributed by atoms with E-state index < -0.39 is 17.4 Å². The summed E-state index contributed by atoms with van der Waals surface area (Å²) in [6.07, 6.45) is 5.92. The van der Waals surface area contributed by atoms with Gasteiger partial charge in [-0.25, -0.2) is 14.8 Å².